The first-order valence-corrected chi connectivity index (χ1v) is 9.32. The minimum atomic E-state index is 0.164. The summed E-state index contributed by atoms with van der Waals surface area (Å²) in [5.74, 6) is 1.82. The summed E-state index contributed by atoms with van der Waals surface area (Å²) in [6.07, 6.45) is 2.28. The van der Waals surface area contributed by atoms with Crippen molar-refractivity contribution in [3.63, 3.8) is 0 Å². The van der Waals surface area contributed by atoms with E-state index in [-0.39, 0.29) is 6.61 Å². The molecule has 0 bridgehead atoms. The molecule has 0 saturated carbocycles. The maximum absolute atomic E-state index is 8.97. The Morgan fingerprint density at radius 1 is 1.32 bits per heavy atom. The molecule has 25 heavy (non-hydrogen) atoms. The number of rotatable bonds is 5. The van der Waals surface area contributed by atoms with E-state index in [2.05, 4.69) is 33.2 Å². The zero-order valence-corrected chi connectivity index (χ0v) is 15.0. The zero-order chi connectivity index (χ0) is 17.2. The van der Waals surface area contributed by atoms with Crippen molar-refractivity contribution in [2.75, 3.05) is 49.7 Å². The van der Waals surface area contributed by atoms with Crippen LogP contribution >= 0.6 is 11.3 Å². The molecule has 0 unspecified atom stereocenters. The van der Waals surface area contributed by atoms with E-state index in [4.69, 9.17) is 14.8 Å². The highest BCUT2D eigenvalue weighted by Gasteiger charge is 2.18. The van der Waals surface area contributed by atoms with Crippen molar-refractivity contribution in [3.05, 3.63) is 18.0 Å². The van der Waals surface area contributed by atoms with Crippen LogP contribution in [0.1, 0.15) is 12.0 Å². The number of pyridine rings is 1. The molecule has 1 fully saturated rings. The van der Waals surface area contributed by atoms with Gasteiger partial charge in [0.25, 0.3) is 0 Å². The van der Waals surface area contributed by atoms with E-state index in [9.17, 15) is 0 Å². The van der Waals surface area contributed by atoms with Gasteiger partial charge >= 0.3 is 0 Å². The summed E-state index contributed by atoms with van der Waals surface area (Å²) < 4.78 is 6.46. The van der Waals surface area contributed by atoms with Crippen molar-refractivity contribution in [2.24, 2.45) is 0 Å². The summed E-state index contributed by atoms with van der Waals surface area (Å²) in [6.45, 7) is 6.19. The van der Waals surface area contributed by atoms with Crippen molar-refractivity contribution in [1.82, 2.24) is 15.0 Å². The second-order valence-electron chi connectivity index (χ2n) is 6.08. The minimum Gasteiger partial charge on any atom is -0.396 e. The van der Waals surface area contributed by atoms with E-state index < -0.39 is 0 Å². The third kappa shape index (κ3) is 3.12. The molecule has 7 nitrogen and oxygen atoms in total. The number of fused-ring (bicyclic) bond motifs is 3. The Balaban J connectivity index is 1.78. The summed E-state index contributed by atoms with van der Waals surface area (Å²) in [4.78, 5) is 17.0. The third-order valence-corrected chi connectivity index (χ3v) is 5.45. The molecule has 132 valence electrons. The van der Waals surface area contributed by atoms with Gasteiger partial charge in [0, 0.05) is 31.6 Å². The maximum Gasteiger partial charge on any atom is 0.147 e. The molecule has 0 amide bonds. The van der Waals surface area contributed by atoms with Crippen molar-refractivity contribution in [1.29, 1.82) is 0 Å². The fourth-order valence-electron chi connectivity index (χ4n) is 3.10. The minimum absolute atomic E-state index is 0.164. The summed E-state index contributed by atoms with van der Waals surface area (Å²) in [7, 11) is 0. The van der Waals surface area contributed by atoms with Gasteiger partial charge in [-0.1, -0.05) is 0 Å². The predicted molar refractivity (Wildman–Crippen MR) is 101 cm³/mol. The van der Waals surface area contributed by atoms with E-state index in [0.717, 1.165) is 58.4 Å². The van der Waals surface area contributed by atoms with Crippen LogP contribution < -0.4 is 10.2 Å². The highest BCUT2D eigenvalue weighted by atomic mass is 32.1. The maximum atomic E-state index is 8.97. The van der Waals surface area contributed by atoms with Gasteiger partial charge < -0.3 is 20.1 Å². The average molecular weight is 359 g/mol. The highest BCUT2D eigenvalue weighted by Crippen LogP contribution is 2.37. The molecule has 1 saturated heterocycles. The van der Waals surface area contributed by atoms with Crippen LogP contribution in [-0.4, -0.2) is 59.5 Å². The SMILES string of the molecule is Cc1cc(N2CCOCC2)nc2sc3c(NCCCO)ncnc3c12. The average Bonchev–Trinajstić information content (AvgIpc) is 3.02. The number of morpholine rings is 1. The van der Waals surface area contributed by atoms with Crippen LogP contribution in [0.2, 0.25) is 0 Å². The molecule has 3 aromatic rings. The molecular weight excluding hydrogens is 338 g/mol. The molecule has 0 radical (unpaired) electrons. The number of anilines is 2. The predicted octanol–water partition coefficient (Wildman–Crippen LogP) is 2.18. The van der Waals surface area contributed by atoms with Gasteiger partial charge in [0.2, 0.25) is 0 Å². The number of aryl methyl sites for hydroxylation is 1. The van der Waals surface area contributed by atoms with Gasteiger partial charge in [-0.15, -0.1) is 11.3 Å². The second kappa shape index (κ2) is 7.07. The van der Waals surface area contributed by atoms with Crippen molar-refractivity contribution >= 4 is 43.4 Å². The first-order valence-electron chi connectivity index (χ1n) is 8.50. The van der Waals surface area contributed by atoms with Crippen LogP contribution in [0.25, 0.3) is 20.4 Å². The number of hydrogen-bond acceptors (Lipinski definition) is 8. The molecule has 3 aromatic heterocycles. The number of aliphatic hydroxyl groups is 1. The Hall–Kier alpha value is -2.03. The molecule has 1 aliphatic rings. The highest BCUT2D eigenvalue weighted by molar-refractivity contribution is 7.26. The lowest BCUT2D eigenvalue weighted by Crippen LogP contribution is -2.36. The standard InChI is InChI=1S/C17H21N5O2S/c1-11-9-12(22-4-7-24-8-5-22)21-17-13(11)14-15(25-17)16(20-10-19-14)18-3-2-6-23/h9-10,23H,2-8H2,1H3,(H,18,19,20). The molecule has 4 heterocycles. The van der Waals surface area contributed by atoms with E-state index in [1.165, 1.54) is 5.56 Å². The van der Waals surface area contributed by atoms with Crippen LogP contribution in [0, 0.1) is 6.92 Å². The molecule has 0 aromatic carbocycles. The number of aromatic nitrogens is 3. The summed E-state index contributed by atoms with van der Waals surface area (Å²) in [5, 5.41) is 13.4. The van der Waals surface area contributed by atoms with E-state index >= 15 is 0 Å². The number of thiophene rings is 1. The Morgan fingerprint density at radius 2 is 2.16 bits per heavy atom. The number of aliphatic hydroxyl groups excluding tert-OH is 1. The van der Waals surface area contributed by atoms with E-state index in [0.29, 0.717) is 13.0 Å². The second-order valence-corrected chi connectivity index (χ2v) is 7.08. The van der Waals surface area contributed by atoms with Gasteiger partial charge in [0.05, 0.1) is 23.4 Å². The molecule has 2 N–H and O–H groups in total. The number of nitrogens with one attached hydrogen (secondary N) is 1. The van der Waals surface area contributed by atoms with Crippen LogP contribution in [-0.2, 0) is 4.74 Å². The Morgan fingerprint density at radius 3 is 2.96 bits per heavy atom. The van der Waals surface area contributed by atoms with Gasteiger partial charge in [-0.3, -0.25) is 0 Å². The molecule has 8 heteroatoms. The summed E-state index contributed by atoms with van der Waals surface area (Å²) >= 11 is 1.62. The smallest absolute Gasteiger partial charge is 0.147 e. The Labute approximate surface area is 149 Å². The number of ether oxygens (including phenoxy) is 1. The van der Waals surface area contributed by atoms with Gasteiger partial charge in [-0.05, 0) is 25.0 Å². The van der Waals surface area contributed by atoms with Gasteiger partial charge in [-0.25, -0.2) is 15.0 Å². The topological polar surface area (TPSA) is 83.4 Å². The molecule has 1 aliphatic heterocycles. The summed E-state index contributed by atoms with van der Waals surface area (Å²) in [6, 6.07) is 2.14. The van der Waals surface area contributed by atoms with Crippen LogP contribution in [0.15, 0.2) is 12.4 Å². The van der Waals surface area contributed by atoms with Gasteiger partial charge in [0.15, 0.2) is 0 Å². The fraction of sp³-hybridized carbons (Fsp3) is 0.471. The third-order valence-electron chi connectivity index (χ3n) is 4.37. The molecule has 0 atom stereocenters. The lowest BCUT2D eigenvalue weighted by atomic mass is 10.2. The molecule has 4 rings (SSSR count). The zero-order valence-electron chi connectivity index (χ0n) is 14.2. The number of hydrogen-bond donors (Lipinski definition) is 2. The van der Waals surface area contributed by atoms with Crippen molar-refractivity contribution in [3.8, 4) is 0 Å². The number of nitrogens with zero attached hydrogens (tertiary/aromatic N) is 4. The van der Waals surface area contributed by atoms with E-state index in [1.807, 2.05) is 0 Å². The lowest BCUT2D eigenvalue weighted by Gasteiger charge is -2.28. The van der Waals surface area contributed by atoms with Crippen LogP contribution in [0.3, 0.4) is 0 Å². The monoisotopic (exact) mass is 359 g/mol. The molecular formula is C17H21N5O2S. The largest absolute Gasteiger partial charge is 0.396 e. The van der Waals surface area contributed by atoms with Crippen molar-refractivity contribution < 1.29 is 9.84 Å². The summed E-state index contributed by atoms with van der Waals surface area (Å²) in [5.41, 5.74) is 2.12. The Kier molecular flexibility index (Phi) is 4.65. The quantitative estimate of drug-likeness (QED) is 0.676. The Bertz CT molecular complexity index is 892. The van der Waals surface area contributed by atoms with Crippen LogP contribution in [0.4, 0.5) is 11.6 Å². The van der Waals surface area contributed by atoms with E-state index in [1.54, 1.807) is 17.7 Å². The first kappa shape index (κ1) is 16.4. The van der Waals surface area contributed by atoms with Crippen molar-refractivity contribution in [2.45, 2.75) is 13.3 Å². The van der Waals surface area contributed by atoms with Gasteiger partial charge in [0.1, 0.15) is 22.8 Å². The van der Waals surface area contributed by atoms with Crippen LogP contribution in [0.5, 0.6) is 0 Å². The fourth-order valence-corrected chi connectivity index (χ4v) is 4.27. The lowest BCUT2D eigenvalue weighted by molar-refractivity contribution is 0.122. The first-order chi connectivity index (χ1) is 12.3. The van der Waals surface area contributed by atoms with Gasteiger partial charge in [-0.2, -0.15) is 0 Å². The molecule has 0 spiro atoms. The molecule has 0 aliphatic carbocycles. The normalized spacial score (nSPS) is 15.2.